The summed E-state index contributed by atoms with van der Waals surface area (Å²) in [5.74, 6) is -0.182. The molecular formula is C22H26Cl3N3OS. The fourth-order valence-electron chi connectivity index (χ4n) is 3.20. The highest BCUT2D eigenvalue weighted by Gasteiger charge is 2.24. The van der Waals surface area contributed by atoms with Crippen LogP contribution in [0.5, 0.6) is 0 Å². The van der Waals surface area contributed by atoms with Crippen LogP contribution in [0.2, 0.25) is 10.0 Å². The lowest BCUT2D eigenvalue weighted by molar-refractivity contribution is 0.0984. The molecule has 0 unspecified atom stereocenters. The Balaban J connectivity index is 0.00000320. The van der Waals surface area contributed by atoms with E-state index in [2.05, 4.69) is 44.7 Å². The third kappa shape index (κ3) is 5.27. The van der Waals surface area contributed by atoms with Crippen LogP contribution in [0.15, 0.2) is 30.3 Å². The molecule has 0 aliphatic rings. The molecule has 30 heavy (non-hydrogen) atoms. The SMILES string of the molecule is CCN(CC)CCN(C(=O)c1cc(Cl)ccc1Cl)c1nc2c(C)c(C)ccc2s1.Cl. The number of carbonyl (C=O) groups excluding carboxylic acids is 1. The Morgan fingerprint density at radius 1 is 1.07 bits per heavy atom. The summed E-state index contributed by atoms with van der Waals surface area (Å²) in [6.07, 6.45) is 0. The summed E-state index contributed by atoms with van der Waals surface area (Å²) in [6.45, 7) is 11.5. The third-order valence-corrected chi connectivity index (χ3v) is 6.85. The average Bonchev–Trinajstić information content (AvgIpc) is 3.14. The van der Waals surface area contributed by atoms with E-state index >= 15 is 0 Å². The van der Waals surface area contributed by atoms with Crippen LogP contribution in [0.3, 0.4) is 0 Å². The maximum absolute atomic E-state index is 13.5. The van der Waals surface area contributed by atoms with E-state index in [0.29, 0.717) is 27.3 Å². The van der Waals surface area contributed by atoms with Crippen LogP contribution >= 0.6 is 46.9 Å². The zero-order valence-electron chi connectivity index (χ0n) is 17.5. The second-order valence-corrected chi connectivity index (χ2v) is 8.81. The molecule has 0 fully saturated rings. The molecule has 0 aliphatic carbocycles. The van der Waals surface area contributed by atoms with Gasteiger partial charge >= 0.3 is 0 Å². The number of hydrogen-bond acceptors (Lipinski definition) is 4. The monoisotopic (exact) mass is 485 g/mol. The predicted octanol–water partition coefficient (Wildman–Crippen LogP) is 6.63. The molecule has 1 heterocycles. The first-order valence-electron chi connectivity index (χ1n) is 9.71. The summed E-state index contributed by atoms with van der Waals surface area (Å²) < 4.78 is 1.07. The molecule has 0 spiro atoms. The lowest BCUT2D eigenvalue weighted by atomic mass is 10.1. The van der Waals surface area contributed by atoms with Crippen LogP contribution in [-0.4, -0.2) is 42.0 Å². The molecular weight excluding hydrogens is 461 g/mol. The number of benzene rings is 2. The van der Waals surface area contributed by atoms with Gasteiger partial charge in [-0.2, -0.15) is 0 Å². The summed E-state index contributed by atoms with van der Waals surface area (Å²) in [5.41, 5.74) is 3.67. The Morgan fingerprint density at radius 2 is 1.77 bits per heavy atom. The normalized spacial score (nSPS) is 11.0. The second kappa shape index (κ2) is 10.8. The van der Waals surface area contributed by atoms with Crippen LogP contribution in [0, 0.1) is 13.8 Å². The van der Waals surface area contributed by atoms with Gasteiger partial charge in [-0.1, -0.05) is 54.5 Å². The van der Waals surface area contributed by atoms with Crippen LogP contribution < -0.4 is 4.90 Å². The van der Waals surface area contributed by atoms with Crippen LogP contribution in [0.1, 0.15) is 35.3 Å². The molecule has 0 N–H and O–H groups in total. The van der Waals surface area contributed by atoms with E-state index in [9.17, 15) is 4.79 Å². The van der Waals surface area contributed by atoms with Crippen molar-refractivity contribution in [2.45, 2.75) is 27.7 Å². The number of nitrogens with zero attached hydrogens (tertiary/aromatic N) is 3. The lowest BCUT2D eigenvalue weighted by Crippen LogP contribution is -2.39. The van der Waals surface area contributed by atoms with E-state index < -0.39 is 0 Å². The lowest BCUT2D eigenvalue weighted by Gasteiger charge is -2.25. The third-order valence-electron chi connectivity index (χ3n) is 5.24. The van der Waals surface area contributed by atoms with Gasteiger partial charge in [0.2, 0.25) is 0 Å². The Kier molecular flexibility index (Phi) is 8.95. The van der Waals surface area contributed by atoms with E-state index in [1.54, 1.807) is 23.1 Å². The minimum absolute atomic E-state index is 0. The number of amides is 1. The number of hydrogen-bond donors (Lipinski definition) is 0. The molecule has 1 amide bonds. The Morgan fingerprint density at radius 3 is 2.43 bits per heavy atom. The topological polar surface area (TPSA) is 36.4 Å². The van der Waals surface area contributed by atoms with Gasteiger partial charge in [-0.15, -0.1) is 12.4 Å². The van der Waals surface area contributed by atoms with Gasteiger partial charge in [-0.05, 0) is 62.3 Å². The molecule has 3 rings (SSSR count). The molecule has 0 aliphatic heterocycles. The summed E-state index contributed by atoms with van der Waals surface area (Å²) in [5, 5.41) is 1.56. The van der Waals surface area contributed by atoms with Crippen LogP contribution in [-0.2, 0) is 0 Å². The molecule has 0 bridgehead atoms. The number of aromatic nitrogens is 1. The van der Waals surface area contributed by atoms with Crippen molar-refractivity contribution in [2.24, 2.45) is 0 Å². The molecule has 4 nitrogen and oxygen atoms in total. The summed E-state index contributed by atoms with van der Waals surface area (Å²) in [6, 6.07) is 9.13. The van der Waals surface area contributed by atoms with Crippen LogP contribution in [0.4, 0.5) is 5.13 Å². The fourth-order valence-corrected chi connectivity index (χ4v) is 4.62. The number of carbonyl (C=O) groups is 1. The summed E-state index contributed by atoms with van der Waals surface area (Å²) in [7, 11) is 0. The molecule has 162 valence electrons. The summed E-state index contributed by atoms with van der Waals surface area (Å²) in [4.78, 5) is 22.3. The zero-order chi connectivity index (χ0) is 21.1. The van der Waals surface area contributed by atoms with Gasteiger partial charge in [0.15, 0.2) is 5.13 Å². The van der Waals surface area contributed by atoms with Gasteiger partial charge in [0.25, 0.3) is 5.91 Å². The largest absolute Gasteiger partial charge is 0.302 e. The minimum Gasteiger partial charge on any atom is -0.302 e. The zero-order valence-corrected chi connectivity index (χ0v) is 20.7. The van der Waals surface area contributed by atoms with E-state index in [1.165, 1.54) is 16.9 Å². The van der Waals surface area contributed by atoms with Crippen molar-refractivity contribution in [1.29, 1.82) is 0 Å². The maximum Gasteiger partial charge on any atom is 0.261 e. The quantitative estimate of drug-likeness (QED) is 0.376. The van der Waals surface area contributed by atoms with Crippen molar-refractivity contribution in [1.82, 2.24) is 9.88 Å². The molecule has 0 saturated carbocycles. The molecule has 8 heteroatoms. The van der Waals surface area contributed by atoms with E-state index in [0.717, 1.165) is 35.4 Å². The maximum atomic E-state index is 13.5. The number of anilines is 1. The van der Waals surface area contributed by atoms with Gasteiger partial charge in [0, 0.05) is 18.1 Å². The first kappa shape index (κ1) is 24.9. The number of halogens is 3. The van der Waals surface area contributed by atoms with E-state index in [-0.39, 0.29) is 18.3 Å². The smallest absolute Gasteiger partial charge is 0.261 e. The number of likely N-dealkylation sites (N-methyl/N-ethyl adjacent to an activating group) is 1. The van der Waals surface area contributed by atoms with Crippen molar-refractivity contribution < 1.29 is 4.79 Å². The van der Waals surface area contributed by atoms with Gasteiger partial charge in [-0.25, -0.2) is 4.98 Å². The number of thiazole rings is 1. The fraction of sp³-hybridized carbons (Fsp3) is 0.364. The Labute approximate surface area is 198 Å². The number of rotatable bonds is 7. The number of fused-ring (bicyclic) bond motifs is 1. The molecule has 1 aromatic heterocycles. The number of aryl methyl sites for hydroxylation is 2. The van der Waals surface area contributed by atoms with Crippen molar-refractivity contribution in [3.05, 3.63) is 57.1 Å². The Hall–Kier alpha value is -1.37. The van der Waals surface area contributed by atoms with Crippen molar-refractivity contribution in [3.8, 4) is 0 Å². The second-order valence-electron chi connectivity index (χ2n) is 6.96. The van der Waals surface area contributed by atoms with E-state index in [4.69, 9.17) is 28.2 Å². The van der Waals surface area contributed by atoms with Gasteiger partial charge in [-0.3, -0.25) is 9.69 Å². The average molecular weight is 487 g/mol. The highest BCUT2D eigenvalue weighted by atomic mass is 35.5. The van der Waals surface area contributed by atoms with Gasteiger partial charge < -0.3 is 4.90 Å². The predicted molar refractivity (Wildman–Crippen MR) is 132 cm³/mol. The minimum atomic E-state index is -0.182. The van der Waals surface area contributed by atoms with Gasteiger partial charge in [0.05, 0.1) is 20.8 Å². The van der Waals surface area contributed by atoms with Crippen LogP contribution in [0.25, 0.3) is 10.2 Å². The Bertz CT molecular complexity index is 1030. The molecule has 2 aromatic carbocycles. The highest BCUT2D eigenvalue weighted by molar-refractivity contribution is 7.22. The van der Waals surface area contributed by atoms with E-state index in [1.807, 2.05) is 0 Å². The standard InChI is InChI=1S/C22H25Cl2N3OS.ClH/c1-5-26(6-2)11-12-27(21(28)17-13-16(23)8-9-18(17)24)22-25-20-15(4)14(3)7-10-19(20)29-22;/h7-10,13H,5-6,11-12H2,1-4H3;1H. The van der Waals surface area contributed by atoms with Crippen molar-refractivity contribution in [3.63, 3.8) is 0 Å². The van der Waals surface area contributed by atoms with Gasteiger partial charge in [0.1, 0.15) is 0 Å². The molecule has 3 aromatic rings. The van der Waals surface area contributed by atoms with Crippen molar-refractivity contribution in [2.75, 3.05) is 31.1 Å². The first-order chi connectivity index (χ1) is 13.8. The molecule has 0 atom stereocenters. The highest BCUT2D eigenvalue weighted by Crippen LogP contribution is 2.33. The van der Waals surface area contributed by atoms with Crippen molar-refractivity contribution >= 4 is 68.2 Å². The molecule has 0 radical (unpaired) electrons. The molecule has 0 saturated heterocycles. The summed E-state index contributed by atoms with van der Waals surface area (Å²) >= 11 is 14.0. The first-order valence-corrected chi connectivity index (χ1v) is 11.3.